The summed E-state index contributed by atoms with van der Waals surface area (Å²) in [7, 11) is -2.47. The van der Waals surface area contributed by atoms with Gasteiger partial charge in [-0.3, -0.25) is 4.72 Å². The second-order valence-electron chi connectivity index (χ2n) is 4.47. The van der Waals surface area contributed by atoms with Crippen molar-refractivity contribution >= 4 is 39.0 Å². The summed E-state index contributed by atoms with van der Waals surface area (Å²) in [6, 6.07) is 8.79. The molecule has 3 N–H and O–H groups in total. The third-order valence-corrected chi connectivity index (χ3v) is 4.47. The van der Waals surface area contributed by atoms with Crippen molar-refractivity contribution in [3.63, 3.8) is 0 Å². The van der Waals surface area contributed by atoms with Crippen LogP contribution in [0.3, 0.4) is 0 Å². The predicted octanol–water partition coefficient (Wildman–Crippen LogP) is 3.03. The minimum absolute atomic E-state index is 0.173. The number of carbonyl (C=O) groups excluding carboxylic acids is 1. The summed E-state index contributed by atoms with van der Waals surface area (Å²) >= 11 is 5.60. The maximum absolute atomic E-state index is 13.1. The van der Waals surface area contributed by atoms with Crippen LogP contribution in [-0.2, 0) is 10.0 Å². The van der Waals surface area contributed by atoms with E-state index in [4.69, 9.17) is 11.6 Å². The molecule has 2 aromatic carbocycles. The van der Waals surface area contributed by atoms with Crippen LogP contribution in [0.25, 0.3) is 0 Å². The normalized spacial score (nSPS) is 10.9. The van der Waals surface area contributed by atoms with Gasteiger partial charge in [0.15, 0.2) is 0 Å². The lowest BCUT2D eigenvalue weighted by Crippen LogP contribution is -2.24. The number of hydrogen-bond acceptors (Lipinski definition) is 3. The fraction of sp³-hybridized carbons (Fsp3) is 0.0714. The van der Waals surface area contributed by atoms with E-state index in [2.05, 4.69) is 15.4 Å². The Balaban J connectivity index is 2.25. The van der Waals surface area contributed by atoms with E-state index in [1.165, 1.54) is 19.2 Å². The van der Waals surface area contributed by atoms with Gasteiger partial charge in [-0.1, -0.05) is 17.7 Å². The first kappa shape index (κ1) is 17.0. The molecule has 2 amide bonds. The lowest BCUT2D eigenvalue weighted by molar-refractivity contribution is 0.254. The molecule has 0 aliphatic rings. The molecule has 9 heteroatoms. The molecule has 0 saturated carbocycles. The van der Waals surface area contributed by atoms with E-state index in [9.17, 15) is 17.6 Å². The Hall–Kier alpha value is -2.32. The van der Waals surface area contributed by atoms with Crippen LogP contribution in [-0.4, -0.2) is 21.5 Å². The molecule has 2 aromatic rings. The molecule has 0 atom stereocenters. The van der Waals surface area contributed by atoms with E-state index in [1.807, 2.05) is 0 Å². The highest BCUT2D eigenvalue weighted by Gasteiger charge is 2.16. The van der Waals surface area contributed by atoms with Crippen LogP contribution < -0.4 is 15.4 Å². The van der Waals surface area contributed by atoms with Gasteiger partial charge in [-0.25, -0.2) is 17.6 Å². The summed E-state index contributed by atoms with van der Waals surface area (Å²) in [6.07, 6.45) is 0. The molecule has 6 nitrogen and oxygen atoms in total. The summed E-state index contributed by atoms with van der Waals surface area (Å²) in [5.41, 5.74) is 0.640. The van der Waals surface area contributed by atoms with Gasteiger partial charge in [-0.15, -0.1) is 0 Å². The van der Waals surface area contributed by atoms with Gasteiger partial charge in [0, 0.05) is 12.7 Å². The zero-order chi connectivity index (χ0) is 17.0. The van der Waals surface area contributed by atoms with E-state index in [1.54, 1.807) is 12.1 Å². The number of benzene rings is 2. The molecule has 0 radical (unpaired) electrons. The average molecular weight is 358 g/mol. The number of sulfonamides is 1. The first-order chi connectivity index (χ1) is 10.8. The fourth-order valence-corrected chi connectivity index (χ4v) is 3.03. The number of nitrogens with one attached hydrogen (secondary N) is 3. The molecule has 0 fully saturated rings. The summed E-state index contributed by atoms with van der Waals surface area (Å²) < 4.78 is 40.0. The Morgan fingerprint density at radius 3 is 2.48 bits per heavy atom. The second-order valence-corrected chi connectivity index (χ2v) is 6.56. The Bertz CT molecular complexity index is 843. The highest BCUT2D eigenvalue weighted by molar-refractivity contribution is 7.92. The smallest absolute Gasteiger partial charge is 0.318 e. The highest BCUT2D eigenvalue weighted by atomic mass is 35.5. The summed E-state index contributed by atoms with van der Waals surface area (Å²) in [6.45, 7) is 0. The van der Waals surface area contributed by atoms with Crippen molar-refractivity contribution in [2.45, 2.75) is 4.90 Å². The standard InChI is InChI=1S/C14H13ClFN3O3S/c1-17-14(20)18-9-3-2-4-10(7-9)19-23(21,22)11-5-6-13(16)12(15)8-11/h2-8,19H,1H3,(H2,17,18,20). The number of urea groups is 1. The van der Waals surface area contributed by atoms with Crippen molar-refractivity contribution in [1.29, 1.82) is 0 Å². The fourth-order valence-electron chi connectivity index (χ4n) is 1.71. The number of carbonyl (C=O) groups is 1. The number of amides is 2. The van der Waals surface area contributed by atoms with Gasteiger partial charge >= 0.3 is 6.03 Å². The molecule has 0 bridgehead atoms. The minimum Gasteiger partial charge on any atom is -0.341 e. The largest absolute Gasteiger partial charge is 0.341 e. The van der Waals surface area contributed by atoms with E-state index in [0.29, 0.717) is 5.69 Å². The van der Waals surface area contributed by atoms with Crippen molar-refractivity contribution in [3.8, 4) is 0 Å². The van der Waals surface area contributed by atoms with E-state index < -0.39 is 21.9 Å². The van der Waals surface area contributed by atoms with Gasteiger partial charge in [0.1, 0.15) is 5.82 Å². The van der Waals surface area contributed by atoms with Crippen molar-refractivity contribution in [2.75, 3.05) is 17.1 Å². The van der Waals surface area contributed by atoms with Crippen molar-refractivity contribution < 1.29 is 17.6 Å². The summed E-state index contributed by atoms with van der Waals surface area (Å²) in [5, 5.41) is 4.61. The van der Waals surface area contributed by atoms with Crippen LogP contribution in [0.15, 0.2) is 47.4 Å². The monoisotopic (exact) mass is 357 g/mol. The van der Waals surface area contributed by atoms with Gasteiger partial charge in [-0.05, 0) is 36.4 Å². The van der Waals surface area contributed by atoms with Crippen molar-refractivity contribution in [1.82, 2.24) is 5.32 Å². The van der Waals surface area contributed by atoms with E-state index in [-0.39, 0.29) is 15.6 Å². The zero-order valence-electron chi connectivity index (χ0n) is 11.9. The topological polar surface area (TPSA) is 87.3 Å². The lowest BCUT2D eigenvalue weighted by atomic mass is 10.3. The molecule has 0 aromatic heterocycles. The average Bonchev–Trinajstić information content (AvgIpc) is 2.49. The molecule has 122 valence electrons. The predicted molar refractivity (Wildman–Crippen MR) is 86.7 cm³/mol. The van der Waals surface area contributed by atoms with Crippen LogP contribution in [0.4, 0.5) is 20.6 Å². The first-order valence-corrected chi connectivity index (χ1v) is 8.24. The van der Waals surface area contributed by atoms with Crippen molar-refractivity contribution in [2.24, 2.45) is 0 Å². The molecule has 0 aliphatic heterocycles. The molecule has 2 rings (SSSR count). The Labute approximate surface area is 137 Å². The van der Waals surface area contributed by atoms with Crippen LogP contribution in [0.5, 0.6) is 0 Å². The maximum atomic E-state index is 13.1. The molecule has 0 saturated heterocycles. The minimum atomic E-state index is -3.93. The van der Waals surface area contributed by atoms with Gasteiger partial charge < -0.3 is 10.6 Å². The van der Waals surface area contributed by atoms with E-state index in [0.717, 1.165) is 18.2 Å². The Morgan fingerprint density at radius 2 is 1.83 bits per heavy atom. The number of hydrogen-bond donors (Lipinski definition) is 3. The third-order valence-electron chi connectivity index (χ3n) is 2.80. The molecule has 0 spiro atoms. The Morgan fingerprint density at radius 1 is 1.13 bits per heavy atom. The lowest BCUT2D eigenvalue weighted by Gasteiger charge is -2.10. The SMILES string of the molecule is CNC(=O)Nc1cccc(NS(=O)(=O)c2ccc(F)c(Cl)c2)c1. The molecular formula is C14H13ClFN3O3S. The van der Waals surface area contributed by atoms with Crippen LogP contribution >= 0.6 is 11.6 Å². The van der Waals surface area contributed by atoms with Crippen LogP contribution in [0.1, 0.15) is 0 Å². The second kappa shape index (κ2) is 6.84. The number of halogens is 2. The number of rotatable bonds is 4. The van der Waals surface area contributed by atoms with Gasteiger partial charge in [0.25, 0.3) is 10.0 Å². The zero-order valence-corrected chi connectivity index (χ0v) is 13.5. The quantitative estimate of drug-likeness (QED) is 0.786. The Kier molecular flexibility index (Phi) is 5.07. The van der Waals surface area contributed by atoms with Gasteiger partial charge in [0.05, 0.1) is 15.6 Å². The van der Waals surface area contributed by atoms with Gasteiger partial charge in [0.2, 0.25) is 0 Å². The summed E-state index contributed by atoms with van der Waals surface area (Å²) in [4.78, 5) is 11.1. The summed E-state index contributed by atoms with van der Waals surface area (Å²) in [5.74, 6) is -0.706. The first-order valence-electron chi connectivity index (χ1n) is 6.38. The molecule has 0 unspecified atom stereocenters. The molecule has 0 heterocycles. The van der Waals surface area contributed by atoms with Gasteiger partial charge in [-0.2, -0.15) is 0 Å². The van der Waals surface area contributed by atoms with Crippen LogP contribution in [0.2, 0.25) is 5.02 Å². The van der Waals surface area contributed by atoms with Crippen LogP contribution in [0, 0.1) is 5.82 Å². The van der Waals surface area contributed by atoms with E-state index >= 15 is 0 Å². The molecule has 23 heavy (non-hydrogen) atoms. The molecular weight excluding hydrogens is 345 g/mol. The molecule has 0 aliphatic carbocycles. The highest BCUT2D eigenvalue weighted by Crippen LogP contribution is 2.23. The third kappa shape index (κ3) is 4.33. The maximum Gasteiger partial charge on any atom is 0.318 e. The number of anilines is 2. The van der Waals surface area contributed by atoms with Crippen molar-refractivity contribution in [3.05, 3.63) is 53.3 Å².